The number of methoxy groups -OCH3 is 2. The third kappa shape index (κ3) is 4.51. The normalized spacial score (nSPS) is 12.5. The fourth-order valence-corrected chi connectivity index (χ4v) is 5.05. The molecule has 3 aromatic rings. The van der Waals surface area contributed by atoms with Gasteiger partial charge in [0.1, 0.15) is 12.3 Å². The average molecular weight is 435 g/mol. The van der Waals surface area contributed by atoms with E-state index in [1.54, 1.807) is 16.7 Å². The van der Waals surface area contributed by atoms with E-state index in [-0.39, 0.29) is 16.2 Å². The van der Waals surface area contributed by atoms with Crippen LogP contribution in [0.5, 0.6) is 5.75 Å². The van der Waals surface area contributed by atoms with Gasteiger partial charge in [-0.25, -0.2) is 0 Å². The van der Waals surface area contributed by atoms with Gasteiger partial charge in [0, 0.05) is 0 Å². The van der Waals surface area contributed by atoms with E-state index in [9.17, 15) is 13.2 Å². The highest BCUT2D eigenvalue weighted by Gasteiger charge is 2.17. The maximum absolute atomic E-state index is 12.8. The first-order valence-electron chi connectivity index (χ1n) is 8.90. The molecule has 7 nitrogen and oxygen atoms in total. The van der Waals surface area contributed by atoms with Gasteiger partial charge in [0.05, 0.1) is 29.3 Å². The molecule has 0 N–H and O–H groups in total. The first-order chi connectivity index (χ1) is 13.7. The lowest BCUT2D eigenvalue weighted by atomic mass is 10.0. The number of rotatable bonds is 6. The number of benzene rings is 2. The molecule has 0 aliphatic carbocycles. The van der Waals surface area contributed by atoms with E-state index in [0.717, 1.165) is 15.8 Å². The van der Waals surface area contributed by atoms with Gasteiger partial charge < -0.3 is 14.0 Å². The van der Waals surface area contributed by atoms with E-state index >= 15 is 0 Å². The average Bonchev–Trinajstić information content (AvgIpc) is 3.03. The van der Waals surface area contributed by atoms with E-state index < -0.39 is 16.0 Å². The Morgan fingerprint density at radius 3 is 2.41 bits per heavy atom. The molecule has 0 spiro atoms. The van der Waals surface area contributed by atoms with Crippen LogP contribution in [0.15, 0.2) is 51.8 Å². The summed E-state index contributed by atoms with van der Waals surface area (Å²) in [6, 6.07) is 11.8. The Kier molecular flexibility index (Phi) is 6.09. The zero-order chi connectivity index (χ0) is 21.2. The van der Waals surface area contributed by atoms with Crippen LogP contribution >= 0.6 is 11.3 Å². The van der Waals surface area contributed by atoms with Crippen LogP contribution in [0, 0.1) is 0 Å². The summed E-state index contributed by atoms with van der Waals surface area (Å²) in [6.07, 6.45) is 0. The van der Waals surface area contributed by atoms with Crippen LogP contribution in [-0.4, -0.2) is 33.2 Å². The summed E-state index contributed by atoms with van der Waals surface area (Å²) < 4.78 is 41.9. The lowest BCUT2D eigenvalue weighted by Gasteiger charge is -2.07. The highest BCUT2D eigenvalue weighted by molar-refractivity contribution is 7.90. The molecule has 0 unspecified atom stereocenters. The van der Waals surface area contributed by atoms with Gasteiger partial charge in [-0.3, -0.25) is 4.79 Å². The van der Waals surface area contributed by atoms with Crippen LogP contribution < -0.4 is 9.54 Å². The maximum atomic E-state index is 12.8. The predicted octanol–water partition coefficient (Wildman–Crippen LogP) is 3.30. The van der Waals surface area contributed by atoms with Crippen LogP contribution in [0.2, 0.25) is 0 Å². The molecule has 154 valence electrons. The quantitative estimate of drug-likeness (QED) is 0.556. The Labute approximate surface area is 173 Å². The van der Waals surface area contributed by atoms with Gasteiger partial charge in [0.2, 0.25) is 4.80 Å². The van der Waals surface area contributed by atoms with Crippen LogP contribution in [0.3, 0.4) is 0 Å². The number of sulfonamides is 1. The van der Waals surface area contributed by atoms with E-state index in [2.05, 4.69) is 18.2 Å². The van der Waals surface area contributed by atoms with Crippen molar-refractivity contribution in [2.45, 2.75) is 31.2 Å². The molecular weight excluding hydrogens is 412 g/mol. The van der Waals surface area contributed by atoms with Gasteiger partial charge >= 0.3 is 5.97 Å². The summed E-state index contributed by atoms with van der Waals surface area (Å²) in [5.74, 6) is 0.382. The van der Waals surface area contributed by atoms with Crippen molar-refractivity contribution in [2.24, 2.45) is 4.40 Å². The summed E-state index contributed by atoms with van der Waals surface area (Å²) in [7, 11) is -1.17. The SMILES string of the molecule is COC(=O)Cn1/c(=N/S(=O)(=O)c2ccc(OC)cc2)sc2cc(C(C)C)ccc21. The van der Waals surface area contributed by atoms with Gasteiger partial charge in [-0.1, -0.05) is 31.3 Å². The Morgan fingerprint density at radius 1 is 1.14 bits per heavy atom. The summed E-state index contributed by atoms with van der Waals surface area (Å²) in [6.45, 7) is 4.03. The number of nitrogens with zero attached hydrogens (tertiary/aromatic N) is 2. The fourth-order valence-electron chi connectivity index (χ4n) is 2.77. The molecule has 0 saturated heterocycles. The summed E-state index contributed by atoms with van der Waals surface area (Å²) in [4.78, 5) is 12.2. The Balaban J connectivity index is 2.19. The first-order valence-corrected chi connectivity index (χ1v) is 11.2. The number of hydrogen-bond donors (Lipinski definition) is 0. The molecule has 1 aromatic heterocycles. The van der Waals surface area contributed by atoms with Crippen LogP contribution in [0.1, 0.15) is 25.3 Å². The van der Waals surface area contributed by atoms with Crippen LogP contribution in [0.25, 0.3) is 10.2 Å². The topological polar surface area (TPSA) is 87.0 Å². The molecule has 2 aromatic carbocycles. The Bertz CT molecular complexity index is 1210. The second kappa shape index (κ2) is 8.38. The monoisotopic (exact) mass is 434 g/mol. The van der Waals surface area contributed by atoms with E-state index in [1.807, 2.05) is 18.2 Å². The lowest BCUT2D eigenvalue weighted by molar-refractivity contribution is -0.141. The molecule has 3 rings (SSSR count). The highest BCUT2D eigenvalue weighted by Crippen LogP contribution is 2.24. The second-order valence-corrected chi connectivity index (χ2v) is 9.28. The molecule has 0 radical (unpaired) electrons. The van der Waals surface area contributed by atoms with Crippen molar-refractivity contribution < 1.29 is 22.7 Å². The van der Waals surface area contributed by atoms with Crippen LogP contribution in [-0.2, 0) is 26.1 Å². The molecule has 29 heavy (non-hydrogen) atoms. The molecule has 0 fully saturated rings. The Hall–Kier alpha value is -2.65. The molecule has 0 atom stereocenters. The van der Waals surface area contributed by atoms with E-state index in [0.29, 0.717) is 11.7 Å². The lowest BCUT2D eigenvalue weighted by Crippen LogP contribution is -2.22. The molecule has 9 heteroatoms. The smallest absolute Gasteiger partial charge is 0.325 e. The zero-order valence-corrected chi connectivity index (χ0v) is 18.2. The fraction of sp³-hybridized carbons (Fsp3) is 0.300. The van der Waals surface area contributed by atoms with Gasteiger partial charge in [0.25, 0.3) is 10.0 Å². The molecule has 0 aliphatic rings. The molecule has 0 amide bonds. The van der Waals surface area contributed by atoms with E-state index in [4.69, 9.17) is 9.47 Å². The highest BCUT2D eigenvalue weighted by atomic mass is 32.2. The van der Waals surface area contributed by atoms with E-state index in [1.165, 1.54) is 37.7 Å². The minimum Gasteiger partial charge on any atom is -0.497 e. The summed E-state index contributed by atoms with van der Waals surface area (Å²) >= 11 is 1.22. The molecule has 1 heterocycles. The largest absolute Gasteiger partial charge is 0.497 e. The summed E-state index contributed by atoms with van der Waals surface area (Å²) in [5.41, 5.74) is 1.85. The van der Waals surface area contributed by atoms with Gasteiger partial charge in [0.15, 0.2) is 0 Å². The van der Waals surface area contributed by atoms with Crippen molar-refractivity contribution in [1.82, 2.24) is 4.57 Å². The van der Waals surface area contributed by atoms with Gasteiger partial charge in [-0.15, -0.1) is 4.40 Å². The molecular formula is C20H22N2O5S2. The number of fused-ring (bicyclic) bond motifs is 1. The van der Waals surface area contributed by atoms with Gasteiger partial charge in [-0.2, -0.15) is 8.42 Å². The minimum atomic E-state index is -3.97. The first kappa shape index (κ1) is 21.1. The third-order valence-corrected chi connectivity index (χ3v) is 6.88. The second-order valence-electron chi connectivity index (χ2n) is 6.67. The number of carbonyl (C=O) groups is 1. The standard InChI is InChI=1S/C20H22N2O5S2/c1-13(2)14-5-10-17-18(11-14)28-20(22(17)12-19(23)27-4)21-29(24,25)16-8-6-15(26-3)7-9-16/h5-11,13H,12H2,1-4H3/b21-20-. The van der Waals surface area contributed by atoms with Crippen molar-refractivity contribution >= 4 is 37.5 Å². The number of esters is 1. The van der Waals surface area contributed by atoms with Crippen molar-refractivity contribution in [3.05, 3.63) is 52.8 Å². The predicted molar refractivity (Wildman–Crippen MR) is 112 cm³/mol. The van der Waals surface area contributed by atoms with Crippen molar-refractivity contribution in [3.63, 3.8) is 0 Å². The minimum absolute atomic E-state index is 0.0447. The van der Waals surface area contributed by atoms with Crippen LogP contribution in [0.4, 0.5) is 0 Å². The number of hydrogen-bond acceptors (Lipinski definition) is 6. The van der Waals surface area contributed by atoms with Crippen molar-refractivity contribution in [2.75, 3.05) is 14.2 Å². The molecule has 0 bridgehead atoms. The van der Waals surface area contributed by atoms with Crippen molar-refractivity contribution in [1.29, 1.82) is 0 Å². The number of thiazole rings is 1. The number of aromatic nitrogens is 1. The third-order valence-electron chi connectivity index (χ3n) is 4.44. The maximum Gasteiger partial charge on any atom is 0.325 e. The Morgan fingerprint density at radius 2 is 1.83 bits per heavy atom. The number of ether oxygens (including phenoxy) is 2. The summed E-state index contributed by atoms with van der Waals surface area (Å²) in [5, 5.41) is 0. The number of carbonyl (C=O) groups excluding carboxylic acids is 1. The molecule has 0 saturated carbocycles. The zero-order valence-electron chi connectivity index (χ0n) is 16.6. The van der Waals surface area contributed by atoms with Gasteiger partial charge in [-0.05, 0) is 47.9 Å². The molecule has 0 aliphatic heterocycles. The van der Waals surface area contributed by atoms with Crippen molar-refractivity contribution in [3.8, 4) is 5.75 Å².